The second-order valence-corrected chi connectivity index (χ2v) is 8.72. The number of benzene rings is 2. The van der Waals surface area contributed by atoms with Crippen LogP contribution in [0.3, 0.4) is 0 Å². The molecule has 3 aromatic rings. The smallest absolute Gasteiger partial charge is 0.330 e. The molecular weight excluding hydrogens is 485 g/mol. The Morgan fingerprint density at radius 2 is 1.74 bits per heavy atom. The van der Waals surface area contributed by atoms with Crippen molar-refractivity contribution in [1.82, 2.24) is 4.98 Å². The second-order valence-electron chi connectivity index (χ2n) is 8.31. The Balaban J connectivity index is 1.67. The van der Waals surface area contributed by atoms with Gasteiger partial charge in [0.05, 0.1) is 11.4 Å². The van der Waals surface area contributed by atoms with Gasteiger partial charge in [0.15, 0.2) is 11.6 Å². The van der Waals surface area contributed by atoms with Crippen molar-refractivity contribution < 1.29 is 32.6 Å². The van der Waals surface area contributed by atoms with Crippen LogP contribution in [-0.2, 0) is 27.5 Å². The average Bonchev–Trinajstić information content (AvgIpc) is 2.77. The summed E-state index contributed by atoms with van der Waals surface area (Å²) in [6, 6.07) is 11.4. The molecule has 35 heavy (non-hydrogen) atoms. The Morgan fingerprint density at radius 3 is 2.34 bits per heavy atom. The van der Waals surface area contributed by atoms with Gasteiger partial charge in [0, 0.05) is 30.3 Å². The Hall–Kier alpha value is -3.59. The summed E-state index contributed by atoms with van der Waals surface area (Å²) >= 11 is 6.13. The fraction of sp³-hybridized carbons (Fsp3) is 0.240. The number of nitrogens with zero attached hydrogens (tertiary/aromatic N) is 1. The van der Waals surface area contributed by atoms with Crippen molar-refractivity contribution in [1.29, 1.82) is 0 Å². The first-order chi connectivity index (χ1) is 16.3. The van der Waals surface area contributed by atoms with Crippen molar-refractivity contribution in [2.45, 2.75) is 38.7 Å². The van der Waals surface area contributed by atoms with Gasteiger partial charge in [-0.2, -0.15) is 8.78 Å². The Morgan fingerprint density at radius 1 is 1.09 bits per heavy atom. The molecule has 2 N–H and O–H groups in total. The number of halogens is 4. The van der Waals surface area contributed by atoms with Crippen molar-refractivity contribution in [2.75, 3.05) is 5.32 Å². The van der Waals surface area contributed by atoms with Gasteiger partial charge in [-0.05, 0) is 37.6 Å². The van der Waals surface area contributed by atoms with Crippen LogP contribution in [0.2, 0.25) is 5.02 Å². The molecule has 0 radical (unpaired) electrons. The number of hydrogen-bond acceptors (Lipinski definition) is 5. The second kappa shape index (κ2) is 9.95. The van der Waals surface area contributed by atoms with Crippen LogP contribution in [-0.4, -0.2) is 21.8 Å². The van der Waals surface area contributed by atoms with Crippen molar-refractivity contribution in [3.05, 3.63) is 82.3 Å². The molecule has 0 atom stereocenters. The van der Waals surface area contributed by atoms with Gasteiger partial charge in [0.25, 0.3) is 0 Å². The highest BCUT2D eigenvalue weighted by molar-refractivity contribution is 6.31. The highest BCUT2D eigenvalue weighted by Gasteiger charge is 2.37. The number of nitrogens with one attached hydrogen (secondary N) is 1. The van der Waals surface area contributed by atoms with Gasteiger partial charge in [-0.25, -0.2) is 9.37 Å². The van der Waals surface area contributed by atoms with Crippen molar-refractivity contribution in [3.63, 3.8) is 0 Å². The first-order valence-corrected chi connectivity index (χ1v) is 10.8. The standard InChI is InChI=1S/C25H22ClF3N2O4/c1-14(32)25(28,29)16-6-4-15(5-7-16)12-22(34)30-17-8-10-20(19(27)13-17)35-24(2,3)23-18(26)9-11-21(33)31-23/h4-11,13H,12H2,1-3H3,(H,30,34)(H,31,33). The summed E-state index contributed by atoms with van der Waals surface area (Å²) in [5.41, 5.74) is -0.846. The zero-order valence-corrected chi connectivity index (χ0v) is 19.8. The van der Waals surface area contributed by atoms with Gasteiger partial charge in [0.2, 0.25) is 17.6 Å². The van der Waals surface area contributed by atoms with Crippen molar-refractivity contribution in [2.24, 2.45) is 0 Å². The number of pyridine rings is 1. The number of rotatable bonds is 8. The Bertz CT molecular complexity index is 1260. The van der Waals surface area contributed by atoms with Crippen molar-refractivity contribution in [3.8, 4) is 11.6 Å². The van der Waals surface area contributed by atoms with E-state index < -0.39 is 34.6 Å². The molecule has 2 aromatic carbocycles. The van der Waals surface area contributed by atoms with E-state index in [1.807, 2.05) is 0 Å². The zero-order chi connectivity index (χ0) is 26.0. The normalized spacial score (nSPS) is 11.7. The van der Waals surface area contributed by atoms with Crippen LogP contribution in [0.4, 0.5) is 18.9 Å². The van der Waals surface area contributed by atoms with Crippen LogP contribution in [0.5, 0.6) is 11.6 Å². The first kappa shape index (κ1) is 26.0. The molecule has 184 valence electrons. The lowest BCUT2D eigenvalue weighted by Crippen LogP contribution is -2.27. The molecule has 1 heterocycles. The number of anilines is 1. The molecule has 10 heteroatoms. The van der Waals surface area contributed by atoms with Crippen LogP contribution in [0.15, 0.2) is 54.6 Å². The predicted octanol–water partition coefficient (Wildman–Crippen LogP) is 5.76. The van der Waals surface area contributed by atoms with E-state index in [0.29, 0.717) is 5.56 Å². The molecule has 6 nitrogen and oxygen atoms in total. The molecule has 0 saturated carbocycles. The van der Waals surface area contributed by atoms with E-state index in [0.717, 1.165) is 25.1 Å². The Labute approximate surface area is 204 Å². The molecule has 0 fully saturated rings. The van der Waals surface area contributed by atoms with E-state index in [4.69, 9.17) is 16.3 Å². The third kappa shape index (κ3) is 6.10. The molecule has 0 unspecified atom stereocenters. The summed E-state index contributed by atoms with van der Waals surface area (Å²) < 4.78 is 48.0. The fourth-order valence-corrected chi connectivity index (χ4v) is 3.60. The minimum Gasteiger partial charge on any atom is -0.493 e. The fourth-order valence-electron chi connectivity index (χ4n) is 3.26. The van der Waals surface area contributed by atoms with Crippen LogP contribution >= 0.6 is 11.6 Å². The minimum absolute atomic E-state index is 0.129. The number of ether oxygens (including phenoxy) is 1. The number of aromatic nitrogens is 1. The predicted molar refractivity (Wildman–Crippen MR) is 124 cm³/mol. The highest BCUT2D eigenvalue weighted by atomic mass is 35.5. The van der Waals surface area contributed by atoms with Crippen molar-refractivity contribution >= 4 is 29.0 Å². The zero-order valence-electron chi connectivity index (χ0n) is 19.0. The lowest BCUT2D eigenvalue weighted by atomic mass is 10.0. The minimum atomic E-state index is -3.60. The lowest BCUT2D eigenvalue weighted by Gasteiger charge is -2.27. The molecule has 3 rings (SSSR count). The van der Waals surface area contributed by atoms with E-state index in [1.54, 1.807) is 13.8 Å². The van der Waals surface area contributed by atoms with E-state index >= 15 is 0 Å². The number of ketones is 1. The molecule has 0 aliphatic carbocycles. The average molecular weight is 507 g/mol. The monoisotopic (exact) mass is 506 g/mol. The third-order valence-electron chi connectivity index (χ3n) is 5.11. The van der Waals surface area contributed by atoms with Crippen LogP contribution in [0, 0.1) is 5.82 Å². The van der Waals surface area contributed by atoms with E-state index in [2.05, 4.69) is 10.3 Å². The SMILES string of the molecule is CC(=O)C(F)(F)c1ccc(CC(=O)Nc2ccc(OC(C)(C)c3nc(O)ccc3Cl)c(F)c2)cc1. The molecule has 0 bridgehead atoms. The van der Waals surface area contributed by atoms with E-state index in [9.17, 15) is 27.9 Å². The third-order valence-corrected chi connectivity index (χ3v) is 5.41. The van der Waals surface area contributed by atoms with E-state index in [-0.39, 0.29) is 34.5 Å². The summed E-state index contributed by atoms with van der Waals surface area (Å²) in [5, 5.41) is 12.4. The number of hydrogen-bond donors (Lipinski definition) is 2. The molecule has 0 spiro atoms. The molecule has 0 saturated heterocycles. The summed E-state index contributed by atoms with van der Waals surface area (Å²) in [4.78, 5) is 27.4. The maximum atomic E-state index is 14.7. The number of Topliss-reactive ketones (excluding diaryl/α,β-unsaturated/α-hetero) is 1. The lowest BCUT2D eigenvalue weighted by molar-refractivity contribution is -0.141. The summed E-state index contributed by atoms with van der Waals surface area (Å²) in [5.74, 6) is -6.53. The molecule has 0 aliphatic rings. The van der Waals surface area contributed by atoms with Gasteiger partial charge in [-0.15, -0.1) is 0 Å². The van der Waals surface area contributed by atoms with Crippen LogP contribution in [0.1, 0.15) is 37.6 Å². The highest BCUT2D eigenvalue weighted by Crippen LogP contribution is 2.34. The molecule has 1 aromatic heterocycles. The maximum absolute atomic E-state index is 14.7. The number of alkyl halides is 2. The number of carbonyl (C=O) groups is 2. The van der Waals surface area contributed by atoms with E-state index in [1.165, 1.54) is 36.4 Å². The largest absolute Gasteiger partial charge is 0.493 e. The van der Waals surface area contributed by atoms with Crippen LogP contribution in [0.25, 0.3) is 0 Å². The summed E-state index contributed by atoms with van der Waals surface area (Å²) in [6.45, 7) is 4.01. The summed E-state index contributed by atoms with van der Waals surface area (Å²) in [7, 11) is 0. The summed E-state index contributed by atoms with van der Waals surface area (Å²) in [6.07, 6.45) is -0.152. The van der Waals surface area contributed by atoms with Gasteiger partial charge in [0.1, 0.15) is 11.3 Å². The molecular formula is C25H22ClF3N2O4. The number of amides is 1. The van der Waals surface area contributed by atoms with Gasteiger partial charge >= 0.3 is 5.92 Å². The first-order valence-electron chi connectivity index (χ1n) is 10.4. The maximum Gasteiger partial charge on any atom is 0.330 e. The van der Waals surface area contributed by atoms with Crippen LogP contribution < -0.4 is 10.1 Å². The van der Waals surface area contributed by atoms with Gasteiger partial charge in [-0.1, -0.05) is 35.9 Å². The number of carbonyl (C=O) groups excluding carboxylic acids is 2. The van der Waals surface area contributed by atoms with Gasteiger partial charge in [-0.3, -0.25) is 9.59 Å². The molecule has 0 aliphatic heterocycles. The Kier molecular flexibility index (Phi) is 7.40. The molecule has 1 amide bonds. The quantitative estimate of drug-likeness (QED) is 0.406. The number of aromatic hydroxyl groups is 1. The van der Waals surface area contributed by atoms with Gasteiger partial charge < -0.3 is 15.2 Å². The topological polar surface area (TPSA) is 88.5 Å².